The molecule has 2 atom stereocenters. The van der Waals surface area contributed by atoms with Crippen LogP contribution < -0.4 is 10.2 Å². The van der Waals surface area contributed by atoms with Crippen LogP contribution in [0.5, 0.6) is 0 Å². The fraction of sp³-hybridized carbons (Fsp3) is 0.333. The number of carbonyl (C=O) groups is 1. The van der Waals surface area contributed by atoms with Crippen molar-refractivity contribution >= 4 is 17.5 Å². The van der Waals surface area contributed by atoms with E-state index in [0.29, 0.717) is 23.2 Å². The first kappa shape index (κ1) is 24.9. The Kier molecular flexibility index (Phi) is 5.64. The van der Waals surface area contributed by atoms with E-state index < -0.39 is 36.9 Å². The Morgan fingerprint density at radius 3 is 2.54 bits per heavy atom. The van der Waals surface area contributed by atoms with Crippen molar-refractivity contribution in [1.29, 1.82) is 0 Å². The lowest BCUT2D eigenvalue weighted by molar-refractivity contribution is -0.267. The molecule has 1 aromatic carbocycles. The molecule has 1 aliphatic heterocycles. The molecule has 2 N–H and O–H groups in total. The molecule has 11 nitrogen and oxygen atoms in total. The van der Waals surface area contributed by atoms with E-state index in [1.54, 1.807) is 25.1 Å². The van der Waals surface area contributed by atoms with E-state index in [0.717, 1.165) is 5.56 Å². The van der Waals surface area contributed by atoms with Crippen LogP contribution in [0.4, 0.5) is 29.2 Å². The maximum atomic E-state index is 13.3. The number of nitrogens with zero attached hydrogens (tertiary/aromatic N) is 6. The van der Waals surface area contributed by atoms with Crippen molar-refractivity contribution in [2.24, 2.45) is 0 Å². The van der Waals surface area contributed by atoms with Crippen LogP contribution in [0.3, 0.4) is 0 Å². The number of benzene rings is 1. The van der Waals surface area contributed by atoms with Gasteiger partial charge < -0.3 is 24.3 Å². The van der Waals surface area contributed by atoms with E-state index in [1.807, 2.05) is 0 Å². The van der Waals surface area contributed by atoms with Crippen molar-refractivity contribution < 1.29 is 36.4 Å². The summed E-state index contributed by atoms with van der Waals surface area (Å²) >= 11 is 0. The van der Waals surface area contributed by atoms with E-state index in [-0.39, 0.29) is 35.2 Å². The molecule has 0 radical (unpaired) electrons. The van der Waals surface area contributed by atoms with Crippen molar-refractivity contribution in [2.45, 2.75) is 37.2 Å². The molecule has 1 saturated heterocycles. The van der Waals surface area contributed by atoms with Gasteiger partial charge in [0, 0.05) is 23.6 Å². The standard InChI is InChI=1S/C24H19F4N7O4/c1-11-2-3-12(18-33-21(39-34-18)14-5-15(14)25)4-16(11)32-19(36)17-8-29-20(38-17)13-6-30-22(31-7-13)35-9-23(37,10-35)24(26,27)28/h2-4,6-8,14-15,37H,5,9-10H2,1H3,(H,32,36)/t14-,15-/m0/s1. The molecule has 0 spiro atoms. The summed E-state index contributed by atoms with van der Waals surface area (Å²) in [6, 6.07) is 5.16. The Balaban J connectivity index is 1.12. The van der Waals surface area contributed by atoms with E-state index in [1.165, 1.54) is 23.5 Å². The zero-order chi connectivity index (χ0) is 27.5. The summed E-state index contributed by atoms with van der Waals surface area (Å²) < 4.78 is 62.5. The van der Waals surface area contributed by atoms with Gasteiger partial charge in [0.25, 0.3) is 5.91 Å². The summed E-state index contributed by atoms with van der Waals surface area (Å²) in [4.78, 5) is 30.4. The Morgan fingerprint density at radius 2 is 1.87 bits per heavy atom. The Bertz CT molecular complexity index is 1550. The molecule has 4 heterocycles. The van der Waals surface area contributed by atoms with Gasteiger partial charge in [-0.1, -0.05) is 17.3 Å². The fourth-order valence-corrected chi connectivity index (χ4v) is 4.02. The van der Waals surface area contributed by atoms with Gasteiger partial charge in [-0.3, -0.25) is 4.79 Å². The molecule has 15 heteroatoms. The quantitative estimate of drug-likeness (QED) is 0.345. The molecular weight excluding hydrogens is 526 g/mol. The number of anilines is 2. The monoisotopic (exact) mass is 545 g/mol. The number of rotatable bonds is 6. The first-order valence-electron chi connectivity index (χ1n) is 11.7. The van der Waals surface area contributed by atoms with Crippen molar-refractivity contribution in [3.63, 3.8) is 0 Å². The van der Waals surface area contributed by atoms with Gasteiger partial charge in [-0.25, -0.2) is 19.3 Å². The minimum absolute atomic E-state index is 0.00270. The lowest BCUT2D eigenvalue weighted by Gasteiger charge is -2.46. The third kappa shape index (κ3) is 4.58. The molecule has 2 fully saturated rings. The third-order valence-corrected chi connectivity index (χ3v) is 6.55. The van der Waals surface area contributed by atoms with Gasteiger partial charge in [-0.2, -0.15) is 18.2 Å². The van der Waals surface area contributed by atoms with Crippen molar-refractivity contribution in [3.8, 4) is 22.8 Å². The predicted molar refractivity (Wildman–Crippen MR) is 125 cm³/mol. The number of aliphatic hydroxyl groups is 1. The van der Waals surface area contributed by atoms with Crippen molar-refractivity contribution in [3.05, 3.63) is 54.0 Å². The first-order chi connectivity index (χ1) is 18.5. The lowest BCUT2D eigenvalue weighted by atomic mass is 9.94. The normalized spacial score (nSPS) is 20.0. The predicted octanol–water partition coefficient (Wildman–Crippen LogP) is 3.68. The summed E-state index contributed by atoms with van der Waals surface area (Å²) in [5, 5.41) is 16.2. The largest absolute Gasteiger partial charge is 0.431 e. The summed E-state index contributed by atoms with van der Waals surface area (Å²) in [5.74, 6) is -0.537. The molecule has 1 aliphatic carbocycles. The van der Waals surface area contributed by atoms with Gasteiger partial charge in [0.05, 0.1) is 30.8 Å². The zero-order valence-corrected chi connectivity index (χ0v) is 20.1. The molecule has 0 unspecified atom stereocenters. The number of aryl methyl sites for hydroxylation is 1. The number of β-amino-alcohol motifs (C(OH)–C–C–N with tert-alkyl or cyclic N) is 1. The molecule has 4 aromatic rings. The summed E-state index contributed by atoms with van der Waals surface area (Å²) in [7, 11) is 0. The molecule has 202 valence electrons. The zero-order valence-electron chi connectivity index (χ0n) is 20.1. The highest BCUT2D eigenvalue weighted by Crippen LogP contribution is 2.43. The molecule has 2 aliphatic rings. The number of oxazole rings is 1. The lowest BCUT2D eigenvalue weighted by Crippen LogP contribution is -2.69. The van der Waals surface area contributed by atoms with Gasteiger partial charge >= 0.3 is 6.18 Å². The molecule has 6 rings (SSSR count). The van der Waals surface area contributed by atoms with Crippen LogP contribution in [0.25, 0.3) is 22.8 Å². The summed E-state index contributed by atoms with van der Waals surface area (Å²) in [5.41, 5.74) is -0.733. The van der Waals surface area contributed by atoms with Crippen LogP contribution in [0.15, 0.2) is 45.7 Å². The van der Waals surface area contributed by atoms with Gasteiger partial charge in [0.1, 0.15) is 6.17 Å². The van der Waals surface area contributed by atoms with Crippen LogP contribution in [-0.2, 0) is 0 Å². The minimum atomic E-state index is -4.74. The summed E-state index contributed by atoms with van der Waals surface area (Å²) in [6.07, 6.45) is -1.56. The Morgan fingerprint density at radius 1 is 1.15 bits per heavy atom. The molecular formula is C24H19F4N7O4. The number of aromatic nitrogens is 5. The van der Waals surface area contributed by atoms with E-state index in [2.05, 4.69) is 30.4 Å². The highest BCUT2D eigenvalue weighted by Gasteiger charge is 2.61. The minimum Gasteiger partial charge on any atom is -0.431 e. The second-order valence-electron chi connectivity index (χ2n) is 9.49. The average molecular weight is 545 g/mol. The second kappa shape index (κ2) is 8.83. The average Bonchev–Trinajstić information content (AvgIpc) is 3.27. The van der Waals surface area contributed by atoms with Crippen LogP contribution >= 0.6 is 0 Å². The molecule has 1 saturated carbocycles. The van der Waals surface area contributed by atoms with Crippen molar-refractivity contribution in [1.82, 2.24) is 25.1 Å². The number of amides is 1. The van der Waals surface area contributed by atoms with Gasteiger partial charge in [0.2, 0.25) is 29.3 Å². The number of nitrogens with one attached hydrogen (secondary N) is 1. The molecule has 39 heavy (non-hydrogen) atoms. The Hall–Kier alpha value is -4.40. The smallest absolute Gasteiger partial charge is 0.420 e. The van der Waals surface area contributed by atoms with Crippen LogP contribution in [0, 0.1) is 6.92 Å². The highest BCUT2D eigenvalue weighted by atomic mass is 19.4. The van der Waals surface area contributed by atoms with E-state index in [4.69, 9.17) is 8.94 Å². The third-order valence-electron chi connectivity index (χ3n) is 6.55. The van der Waals surface area contributed by atoms with Gasteiger partial charge in [0.15, 0.2) is 5.60 Å². The number of halogens is 4. The maximum absolute atomic E-state index is 13.3. The van der Waals surface area contributed by atoms with Crippen LogP contribution in [0.1, 0.15) is 34.3 Å². The first-order valence-corrected chi connectivity index (χ1v) is 11.7. The van der Waals surface area contributed by atoms with Gasteiger partial charge in [-0.15, -0.1) is 0 Å². The summed E-state index contributed by atoms with van der Waals surface area (Å²) in [6.45, 7) is 0.440. The molecule has 0 bridgehead atoms. The van der Waals surface area contributed by atoms with Gasteiger partial charge in [-0.05, 0) is 25.0 Å². The highest BCUT2D eigenvalue weighted by molar-refractivity contribution is 6.03. The van der Waals surface area contributed by atoms with E-state index >= 15 is 0 Å². The van der Waals surface area contributed by atoms with Crippen LogP contribution in [-0.4, -0.2) is 67.1 Å². The molecule has 1 amide bonds. The maximum Gasteiger partial charge on any atom is 0.420 e. The second-order valence-corrected chi connectivity index (χ2v) is 9.49. The number of hydrogen-bond donors (Lipinski definition) is 2. The SMILES string of the molecule is Cc1ccc(-c2noc([C@H]3C[C@@H]3F)n2)cc1NC(=O)c1cnc(-c2cnc(N3CC(O)(C(F)(F)F)C3)nc2)o1. The number of alkyl halides is 4. The van der Waals surface area contributed by atoms with E-state index in [9.17, 15) is 27.5 Å². The molecule has 3 aromatic heterocycles. The topological polar surface area (TPSA) is 143 Å². The van der Waals surface area contributed by atoms with Crippen LogP contribution in [0.2, 0.25) is 0 Å². The Labute approximate surface area is 216 Å². The fourth-order valence-electron chi connectivity index (χ4n) is 4.02. The number of hydrogen-bond acceptors (Lipinski definition) is 10. The van der Waals surface area contributed by atoms with Crippen molar-refractivity contribution in [2.75, 3.05) is 23.3 Å². The number of carbonyl (C=O) groups excluding carboxylic acids is 1.